The van der Waals surface area contributed by atoms with E-state index in [1.54, 1.807) is 0 Å². The lowest BCUT2D eigenvalue weighted by Gasteiger charge is -2.39. The van der Waals surface area contributed by atoms with Crippen LogP contribution in [0, 0.1) is 0 Å². The summed E-state index contributed by atoms with van der Waals surface area (Å²) in [6.07, 6.45) is 2.56. The van der Waals surface area contributed by atoms with Crippen molar-refractivity contribution < 1.29 is 14.6 Å². The second-order valence-corrected chi connectivity index (χ2v) is 6.99. The number of rotatable bonds is 3. The SMILES string of the molecule is C[C@]12OC[C@H](c3ccccc3)N1C(=O)C[C@H]2N1CCC[C@H]1CO. The number of nitrogens with zero attached hydrogens (tertiary/aromatic N) is 2. The molecule has 0 aliphatic carbocycles. The number of aliphatic hydroxyl groups excluding tert-OH is 1. The van der Waals surface area contributed by atoms with E-state index in [0.717, 1.165) is 24.9 Å². The summed E-state index contributed by atoms with van der Waals surface area (Å²) in [6.45, 7) is 3.67. The zero-order valence-electron chi connectivity index (χ0n) is 13.5. The summed E-state index contributed by atoms with van der Waals surface area (Å²) in [5.74, 6) is 0.160. The molecule has 4 atom stereocenters. The zero-order valence-corrected chi connectivity index (χ0v) is 13.5. The van der Waals surface area contributed by atoms with Gasteiger partial charge < -0.3 is 14.7 Å². The number of hydrogen-bond acceptors (Lipinski definition) is 4. The van der Waals surface area contributed by atoms with Gasteiger partial charge in [-0.3, -0.25) is 9.69 Å². The van der Waals surface area contributed by atoms with Gasteiger partial charge >= 0.3 is 0 Å². The van der Waals surface area contributed by atoms with Crippen molar-refractivity contribution >= 4 is 5.91 Å². The minimum absolute atomic E-state index is 0.00567. The van der Waals surface area contributed by atoms with E-state index in [4.69, 9.17) is 4.74 Å². The Morgan fingerprint density at radius 2 is 2.13 bits per heavy atom. The fraction of sp³-hybridized carbons (Fsp3) is 0.611. The predicted octanol–water partition coefficient (Wildman–Crippen LogP) is 1.53. The van der Waals surface area contributed by atoms with Crippen LogP contribution in [0.1, 0.15) is 37.8 Å². The molecular formula is C18H24N2O3. The molecule has 3 saturated heterocycles. The first kappa shape index (κ1) is 15.1. The monoisotopic (exact) mass is 316 g/mol. The van der Waals surface area contributed by atoms with E-state index in [1.165, 1.54) is 0 Å². The summed E-state index contributed by atoms with van der Waals surface area (Å²) in [4.78, 5) is 17.0. The largest absolute Gasteiger partial charge is 0.395 e. The summed E-state index contributed by atoms with van der Waals surface area (Å²) in [6, 6.07) is 10.3. The Morgan fingerprint density at radius 1 is 1.35 bits per heavy atom. The number of likely N-dealkylation sites (tertiary alicyclic amines) is 1. The van der Waals surface area contributed by atoms with Crippen LogP contribution in [0.25, 0.3) is 0 Å². The molecule has 5 heteroatoms. The van der Waals surface area contributed by atoms with Gasteiger partial charge in [0.1, 0.15) is 0 Å². The molecule has 0 bridgehead atoms. The Balaban J connectivity index is 1.64. The Bertz CT molecular complexity index is 593. The third-order valence-electron chi connectivity index (χ3n) is 5.80. The minimum atomic E-state index is -0.588. The number of benzene rings is 1. The maximum absolute atomic E-state index is 12.8. The van der Waals surface area contributed by atoms with Crippen LogP contribution in [0.3, 0.4) is 0 Å². The Hall–Kier alpha value is -1.43. The predicted molar refractivity (Wildman–Crippen MR) is 85.6 cm³/mol. The summed E-state index contributed by atoms with van der Waals surface area (Å²) >= 11 is 0. The highest BCUT2D eigenvalue weighted by Gasteiger charge is 2.60. The lowest BCUT2D eigenvalue weighted by atomic mass is 10.0. The molecule has 0 radical (unpaired) electrons. The van der Waals surface area contributed by atoms with Crippen molar-refractivity contribution in [3.05, 3.63) is 35.9 Å². The van der Waals surface area contributed by atoms with E-state index in [9.17, 15) is 9.90 Å². The third kappa shape index (κ3) is 2.22. The van der Waals surface area contributed by atoms with Gasteiger partial charge in [-0.05, 0) is 31.9 Å². The van der Waals surface area contributed by atoms with Crippen LogP contribution < -0.4 is 0 Å². The summed E-state index contributed by atoms with van der Waals surface area (Å²) in [5, 5.41) is 9.64. The Kier molecular flexibility index (Phi) is 3.67. The molecule has 1 N–H and O–H groups in total. The molecule has 0 saturated carbocycles. The second-order valence-electron chi connectivity index (χ2n) is 6.99. The van der Waals surface area contributed by atoms with Gasteiger partial charge in [-0.15, -0.1) is 0 Å². The molecule has 3 heterocycles. The molecule has 124 valence electrons. The molecule has 3 aliphatic heterocycles. The molecule has 4 rings (SSSR count). The van der Waals surface area contributed by atoms with Crippen LogP contribution >= 0.6 is 0 Å². The molecule has 1 aromatic carbocycles. The number of aliphatic hydroxyl groups is 1. The Labute approximate surface area is 136 Å². The fourth-order valence-corrected chi connectivity index (χ4v) is 4.64. The molecule has 5 nitrogen and oxygen atoms in total. The van der Waals surface area contributed by atoms with Crippen LogP contribution in [0.5, 0.6) is 0 Å². The number of ether oxygens (including phenoxy) is 1. The van der Waals surface area contributed by atoms with Crippen molar-refractivity contribution in [1.82, 2.24) is 9.80 Å². The second kappa shape index (κ2) is 5.58. The highest BCUT2D eigenvalue weighted by Crippen LogP contribution is 2.47. The first-order valence-corrected chi connectivity index (χ1v) is 8.53. The Morgan fingerprint density at radius 3 is 2.87 bits per heavy atom. The van der Waals surface area contributed by atoms with E-state index >= 15 is 0 Å². The molecule has 3 fully saturated rings. The summed E-state index contributed by atoms with van der Waals surface area (Å²) in [7, 11) is 0. The van der Waals surface area contributed by atoms with Crippen LogP contribution in [-0.2, 0) is 9.53 Å². The van der Waals surface area contributed by atoms with E-state index in [0.29, 0.717) is 13.0 Å². The van der Waals surface area contributed by atoms with Crippen molar-refractivity contribution in [3.63, 3.8) is 0 Å². The van der Waals surface area contributed by atoms with Crippen LogP contribution in [-0.4, -0.2) is 58.4 Å². The van der Waals surface area contributed by atoms with E-state index in [-0.39, 0.29) is 30.6 Å². The molecule has 1 aromatic rings. The van der Waals surface area contributed by atoms with Crippen molar-refractivity contribution in [3.8, 4) is 0 Å². The molecule has 0 aromatic heterocycles. The van der Waals surface area contributed by atoms with E-state index < -0.39 is 5.72 Å². The highest BCUT2D eigenvalue weighted by molar-refractivity contribution is 5.81. The quantitative estimate of drug-likeness (QED) is 0.919. The standard InChI is InChI=1S/C18H24N2O3/c1-18-16(19-9-5-8-14(19)11-21)10-17(22)20(18)15(12-23-18)13-6-3-2-4-7-13/h2-4,6-7,14-16,21H,5,8-12H2,1H3/t14-,15+,16+,18+/m0/s1. The van der Waals surface area contributed by atoms with Gasteiger partial charge in [0, 0.05) is 12.5 Å². The fourth-order valence-electron chi connectivity index (χ4n) is 4.64. The molecule has 23 heavy (non-hydrogen) atoms. The zero-order chi connectivity index (χ0) is 16.0. The van der Waals surface area contributed by atoms with E-state index in [2.05, 4.69) is 17.0 Å². The van der Waals surface area contributed by atoms with Gasteiger partial charge in [-0.1, -0.05) is 30.3 Å². The lowest BCUT2D eigenvalue weighted by Crippen LogP contribution is -2.54. The number of hydrogen-bond donors (Lipinski definition) is 1. The molecule has 3 aliphatic rings. The normalized spacial score (nSPS) is 37.6. The van der Waals surface area contributed by atoms with Crippen molar-refractivity contribution in [1.29, 1.82) is 0 Å². The van der Waals surface area contributed by atoms with Gasteiger partial charge in [-0.25, -0.2) is 0 Å². The maximum Gasteiger partial charge on any atom is 0.227 e. The average molecular weight is 316 g/mol. The maximum atomic E-state index is 12.8. The molecule has 0 unspecified atom stereocenters. The molecule has 1 amide bonds. The lowest BCUT2D eigenvalue weighted by molar-refractivity contribution is -0.140. The van der Waals surface area contributed by atoms with Gasteiger partial charge in [0.15, 0.2) is 5.72 Å². The summed E-state index contributed by atoms with van der Waals surface area (Å²) < 4.78 is 6.20. The van der Waals surface area contributed by atoms with E-state index in [1.807, 2.05) is 30.0 Å². The minimum Gasteiger partial charge on any atom is -0.395 e. The van der Waals surface area contributed by atoms with Crippen molar-refractivity contribution in [2.75, 3.05) is 19.8 Å². The third-order valence-corrected chi connectivity index (χ3v) is 5.80. The molecule has 0 spiro atoms. The topological polar surface area (TPSA) is 53.0 Å². The number of carbonyl (C=O) groups is 1. The van der Waals surface area contributed by atoms with Gasteiger partial charge in [-0.2, -0.15) is 0 Å². The van der Waals surface area contributed by atoms with Crippen LogP contribution in [0.15, 0.2) is 30.3 Å². The van der Waals surface area contributed by atoms with Crippen LogP contribution in [0.2, 0.25) is 0 Å². The number of amides is 1. The number of fused-ring (bicyclic) bond motifs is 1. The molecular weight excluding hydrogens is 292 g/mol. The smallest absolute Gasteiger partial charge is 0.227 e. The highest BCUT2D eigenvalue weighted by atomic mass is 16.5. The van der Waals surface area contributed by atoms with Gasteiger partial charge in [0.05, 0.1) is 25.3 Å². The average Bonchev–Trinajstić information content (AvgIpc) is 3.23. The van der Waals surface area contributed by atoms with Crippen molar-refractivity contribution in [2.24, 2.45) is 0 Å². The van der Waals surface area contributed by atoms with Crippen LogP contribution in [0.4, 0.5) is 0 Å². The first-order chi connectivity index (χ1) is 11.1. The number of carbonyl (C=O) groups excluding carboxylic acids is 1. The van der Waals surface area contributed by atoms with Crippen molar-refractivity contribution in [2.45, 2.75) is 50.0 Å². The van der Waals surface area contributed by atoms with Gasteiger partial charge in [0.25, 0.3) is 0 Å². The van der Waals surface area contributed by atoms with Gasteiger partial charge in [0.2, 0.25) is 5.91 Å². The summed E-state index contributed by atoms with van der Waals surface area (Å²) in [5.41, 5.74) is 0.542. The first-order valence-electron chi connectivity index (χ1n) is 8.53.